The molecule has 52 heavy (non-hydrogen) atoms. The minimum Gasteiger partial charge on any atom is -0.481 e. The summed E-state index contributed by atoms with van der Waals surface area (Å²) in [4.78, 5) is 52.6. The normalized spacial score (nSPS) is 16.8. The average Bonchev–Trinajstić information content (AvgIpc) is 3.59. The molecular formula is C40H76N4O8. The number of hydrogen-bond acceptors (Lipinski definition) is 8. The Hall–Kier alpha value is -2.28. The van der Waals surface area contributed by atoms with E-state index in [0.717, 1.165) is 31.1 Å². The van der Waals surface area contributed by atoms with Crippen LogP contribution in [0.4, 0.5) is 0 Å². The number of hydrogen-bond donors (Lipinski definition) is 4. The topological polar surface area (TPSA) is 170 Å². The predicted octanol–water partition coefficient (Wildman–Crippen LogP) is 5.70. The Morgan fingerprint density at radius 2 is 1.27 bits per heavy atom. The van der Waals surface area contributed by atoms with Gasteiger partial charge in [-0.25, -0.2) is 0 Å². The van der Waals surface area contributed by atoms with Gasteiger partial charge in [-0.3, -0.25) is 19.2 Å². The standard InChI is InChI=1S/C40H76N4O8/c1-31(2)12-6-13-32(3)14-7-15-33(4)16-8-17-34(5)30-37(45)44-23-9-18-36(44)40(49)43-35(19-20-38(46)47)39(48)42-22-11-25-51-27-29-52-28-26-50-24-10-21-41/h31-36H,6-30,41H2,1-5H3,(H,42,48)(H,43,49)(H,46,47). The number of nitrogens with zero attached hydrogens (tertiary/aromatic N) is 1. The van der Waals surface area contributed by atoms with Crippen LogP contribution in [0.1, 0.15) is 137 Å². The molecule has 0 aliphatic carbocycles. The van der Waals surface area contributed by atoms with Crippen molar-refractivity contribution in [3.8, 4) is 0 Å². The van der Waals surface area contributed by atoms with Gasteiger partial charge in [0.05, 0.1) is 26.4 Å². The highest BCUT2D eigenvalue weighted by Gasteiger charge is 2.36. The molecule has 0 radical (unpaired) electrons. The molecule has 1 heterocycles. The number of carboxylic acids is 1. The van der Waals surface area contributed by atoms with Crippen LogP contribution in [0, 0.1) is 23.7 Å². The number of amides is 3. The number of likely N-dealkylation sites (tertiary alicyclic amines) is 1. The molecule has 3 amide bonds. The SMILES string of the molecule is CC(C)CCCC(C)CCCC(C)CCCC(C)CC(=O)N1CCCC1C(=O)NC(CCC(=O)O)C(=O)NCCCOCCOCCOCCCN. The van der Waals surface area contributed by atoms with Crippen LogP contribution in [0.25, 0.3) is 0 Å². The molecule has 0 spiro atoms. The van der Waals surface area contributed by atoms with E-state index in [9.17, 15) is 24.3 Å². The van der Waals surface area contributed by atoms with Crippen molar-refractivity contribution in [2.45, 2.75) is 149 Å². The summed E-state index contributed by atoms with van der Waals surface area (Å²) in [6.45, 7) is 15.8. The van der Waals surface area contributed by atoms with E-state index in [1.807, 2.05) is 0 Å². The zero-order valence-corrected chi connectivity index (χ0v) is 33.5. The Balaban J connectivity index is 2.39. The summed E-state index contributed by atoms with van der Waals surface area (Å²) < 4.78 is 16.4. The predicted molar refractivity (Wildman–Crippen MR) is 206 cm³/mol. The summed E-state index contributed by atoms with van der Waals surface area (Å²) in [6, 6.07) is -1.66. The van der Waals surface area contributed by atoms with Crippen LogP contribution in [0.2, 0.25) is 0 Å². The van der Waals surface area contributed by atoms with Gasteiger partial charge in [0.25, 0.3) is 0 Å². The molecule has 1 saturated heterocycles. The van der Waals surface area contributed by atoms with Crippen LogP contribution in [-0.4, -0.2) is 105 Å². The summed E-state index contributed by atoms with van der Waals surface area (Å²) >= 11 is 0. The number of aliphatic carboxylic acids is 1. The van der Waals surface area contributed by atoms with E-state index in [0.29, 0.717) is 90.9 Å². The number of rotatable bonds is 33. The molecule has 5 N–H and O–H groups in total. The highest BCUT2D eigenvalue weighted by atomic mass is 16.5. The maximum absolute atomic E-state index is 13.4. The van der Waals surface area contributed by atoms with Crippen molar-refractivity contribution in [3.05, 3.63) is 0 Å². The largest absolute Gasteiger partial charge is 0.481 e. The van der Waals surface area contributed by atoms with Crippen molar-refractivity contribution in [3.63, 3.8) is 0 Å². The van der Waals surface area contributed by atoms with Gasteiger partial charge in [0, 0.05) is 39.1 Å². The van der Waals surface area contributed by atoms with Gasteiger partial charge in [-0.15, -0.1) is 0 Å². The van der Waals surface area contributed by atoms with Crippen LogP contribution in [0.15, 0.2) is 0 Å². The zero-order chi connectivity index (χ0) is 38.6. The lowest BCUT2D eigenvalue weighted by Crippen LogP contribution is -2.53. The van der Waals surface area contributed by atoms with Crippen LogP contribution < -0.4 is 16.4 Å². The second-order valence-electron chi connectivity index (χ2n) is 15.6. The first-order chi connectivity index (χ1) is 24.9. The van der Waals surface area contributed by atoms with Crippen molar-refractivity contribution in [1.82, 2.24) is 15.5 Å². The van der Waals surface area contributed by atoms with Crippen LogP contribution in [0.5, 0.6) is 0 Å². The molecular weight excluding hydrogens is 664 g/mol. The maximum Gasteiger partial charge on any atom is 0.303 e. The summed E-state index contributed by atoms with van der Waals surface area (Å²) in [5.41, 5.74) is 5.42. The van der Waals surface area contributed by atoms with Crippen molar-refractivity contribution >= 4 is 23.7 Å². The zero-order valence-electron chi connectivity index (χ0n) is 33.5. The number of carboxylic acid groups (broad SMARTS) is 1. The molecule has 1 fully saturated rings. The van der Waals surface area contributed by atoms with Gasteiger partial charge in [-0.2, -0.15) is 0 Å². The third-order valence-corrected chi connectivity index (χ3v) is 9.95. The second-order valence-corrected chi connectivity index (χ2v) is 15.6. The van der Waals surface area contributed by atoms with Crippen LogP contribution in [-0.2, 0) is 33.4 Å². The smallest absolute Gasteiger partial charge is 0.303 e. The molecule has 0 aromatic heterocycles. The number of ether oxygens (including phenoxy) is 3. The van der Waals surface area contributed by atoms with E-state index < -0.39 is 29.9 Å². The molecule has 1 aliphatic rings. The van der Waals surface area contributed by atoms with E-state index in [1.165, 1.54) is 44.9 Å². The van der Waals surface area contributed by atoms with Gasteiger partial charge in [-0.05, 0) is 62.3 Å². The van der Waals surface area contributed by atoms with E-state index in [-0.39, 0.29) is 24.7 Å². The fraction of sp³-hybridized carbons (Fsp3) is 0.900. The van der Waals surface area contributed by atoms with Crippen molar-refractivity contribution in [1.29, 1.82) is 0 Å². The second kappa shape index (κ2) is 30.1. The number of carbonyl (C=O) groups is 4. The molecule has 0 saturated carbocycles. The number of nitrogens with one attached hydrogen (secondary N) is 2. The summed E-state index contributed by atoms with van der Waals surface area (Å²) in [7, 11) is 0. The Bertz CT molecular complexity index is 968. The molecule has 5 unspecified atom stereocenters. The van der Waals surface area contributed by atoms with Crippen LogP contribution >= 0.6 is 0 Å². The maximum atomic E-state index is 13.4. The molecule has 12 heteroatoms. The monoisotopic (exact) mass is 741 g/mol. The van der Waals surface area contributed by atoms with Crippen molar-refractivity contribution in [2.24, 2.45) is 29.4 Å². The minimum absolute atomic E-state index is 0.0302. The Labute approximate surface area is 315 Å². The Kier molecular flexibility index (Phi) is 27.6. The molecule has 1 aliphatic heterocycles. The molecule has 0 aromatic rings. The van der Waals surface area contributed by atoms with Gasteiger partial charge >= 0.3 is 5.97 Å². The fourth-order valence-corrected chi connectivity index (χ4v) is 6.69. The van der Waals surface area contributed by atoms with E-state index in [4.69, 9.17) is 19.9 Å². The Morgan fingerprint density at radius 1 is 0.731 bits per heavy atom. The van der Waals surface area contributed by atoms with Gasteiger partial charge in [0.1, 0.15) is 12.1 Å². The summed E-state index contributed by atoms with van der Waals surface area (Å²) in [5.74, 6) is 0.580. The lowest BCUT2D eigenvalue weighted by atomic mass is 9.90. The highest BCUT2D eigenvalue weighted by molar-refractivity contribution is 5.92. The fourth-order valence-electron chi connectivity index (χ4n) is 6.69. The molecule has 304 valence electrons. The molecule has 12 nitrogen and oxygen atoms in total. The third-order valence-electron chi connectivity index (χ3n) is 9.95. The first-order valence-electron chi connectivity index (χ1n) is 20.5. The molecule has 0 bridgehead atoms. The van der Waals surface area contributed by atoms with Crippen LogP contribution in [0.3, 0.4) is 0 Å². The van der Waals surface area contributed by atoms with Crippen molar-refractivity contribution < 1.29 is 38.5 Å². The average molecular weight is 741 g/mol. The molecule has 0 aromatic carbocycles. The molecule has 5 atom stereocenters. The minimum atomic E-state index is -1.05. The number of nitrogens with two attached hydrogens (primary N) is 1. The lowest BCUT2D eigenvalue weighted by Gasteiger charge is -2.27. The molecule has 1 rings (SSSR count). The van der Waals surface area contributed by atoms with E-state index >= 15 is 0 Å². The summed E-state index contributed by atoms with van der Waals surface area (Å²) in [6.07, 6.45) is 13.8. The first-order valence-corrected chi connectivity index (χ1v) is 20.5. The van der Waals surface area contributed by atoms with Gasteiger partial charge in [-0.1, -0.05) is 92.4 Å². The lowest BCUT2D eigenvalue weighted by molar-refractivity contribution is -0.140. The highest BCUT2D eigenvalue weighted by Crippen LogP contribution is 2.25. The first kappa shape index (κ1) is 47.7. The van der Waals surface area contributed by atoms with Gasteiger partial charge in [0.15, 0.2) is 0 Å². The third kappa shape index (κ3) is 24.1. The van der Waals surface area contributed by atoms with Crippen molar-refractivity contribution in [2.75, 3.05) is 59.3 Å². The summed E-state index contributed by atoms with van der Waals surface area (Å²) in [5, 5.41) is 14.8. The van der Waals surface area contributed by atoms with E-state index in [2.05, 4.69) is 45.3 Å². The quantitative estimate of drug-likeness (QED) is 0.0617. The van der Waals surface area contributed by atoms with Gasteiger partial charge < -0.3 is 40.6 Å². The Morgan fingerprint density at radius 3 is 1.83 bits per heavy atom. The van der Waals surface area contributed by atoms with E-state index in [1.54, 1.807) is 4.90 Å². The number of carbonyl (C=O) groups excluding carboxylic acids is 3. The van der Waals surface area contributed by atoms with Gasteiger partial charge in [0.2, 0.25) is 17.7 Å².